The number of carboxylic acids is 1. The molecule has 5 heteroatoms. The molecule has 13 heavy (non-hydrogen) atoms. The van der Waals surface area contributed by atoms with E-state index in [1.807, 2.05) is 0 Å². The third-order valence-corrected chi connectivity index (χ3v) is 2.58. The van der Waals surface area contributed by atoms with Gasteiger partial charge in [0, 0.05) is 6.07 Å². The minimum Gasteiger partial charge on any atom is -0.477 e. The molecule has 0 unspecified atom stereocenters. The number of furan rings is 1. The lowest BCUT2D eigenvalue weighted by atomic mass is 10.3. The van der Waals surface area contributed by atoms with E-state index in [1.54, 1.807) is 0 Å². The molecular weight excluding hydrogens is 192 g/mol. The van der Waals surface area contributed by atoms with Gasteiger partial charge >= 0.3 is 5.97 Å². The summed E-state index contributed by atoms with van der Waals surface area (Å²) in [7, 11) is 0. The summed E-state index contributed by atoms with van der Waals surface area (Å²) in [5, 5.41) is 9.06. The lowest BCUT2D eigenvalue weighted by molar-refractivity contribution is 0.0702. The Morgan fingerprint density at radius 2 is 2.31 bits per heavy atom. The molecule has 66 valence electrons. The molecule has 2 aromatic heterocycles. The van der Waals surface area contributed by atoms with E-state index in [1.165, 1.54) is 12.3 Å². The Labute approximate surface area is 76.0 Å². The van der Waals surface area contributed by atoms with Crippen molar-refractivity contribution in [2.75, 3.05) is 0 Å². The minimum atomic E-state index is -1.11. The van der Waals surface area contributed by atoms with Crippen LogP contribution >= 0.6 is 11.3 Å². The van der Waals surface area contributed by atoms with E-state index in [2.05, 4.69) is 0 Å². The van der Waals surface area contributed by atoms with Crippen molar-refractivity contribution in [3.05, 3.63) is 33.5 Å². The lowest BCUT2D eigenvalue weighted by Crippen LogP contribution is -2.02. The second-order valence-electron chi connectivity index (χ2n) is 2.40. The predicted octanol–water partition coefficient (Wildman–Crippen LogP) is 1.55. The number of fused-ring (bicyclic) bond motifs is 1. The lowest BCUT2D eigenvalue weighted by Gasteiger charge is -1.90. The van der Waals surface area contributed by atoms with Gasteiger partial charge in [-0.25, -0.2) is 4.79 Å². The standard InChI is InChI=1S/C8H4O4S/c9-5-3-6(7(10)11)13-8-4(5)1-2-12-8/h1-3H,(H,10,11). The second-order valence-corrected chi connectivity index (χ2v) is 3.42. The van der Waals surface area contributed by atoms with Gasteiger partial charge in [-0.2, -0.15) is 0 Å². The molecule has 1 N–H and O–H groups in total. The molecule has 0 aliphatic carbocycles. The fourth-order valence-electron chi connectivity index (χ4n) is 0.989. The molecule has 0 atom stereocenters. The number of carboxylic acid groups (broad SMARTS) is 1. The molecule has 0 bridgehead atoms. The van der Waals surface area contributed by atoms with Crippen molar-refractivity contribution in [3.63, 3.8) is 0 Å². The van der Waals surface area contributed by atoms with Crippen molar-refractivity contribution in [1.82, 2.24) is 0 Å². The first-order valence-corrected chi connectivity index (χ1v) is 4.25. The Bertz CT molecular complexity index is 522. The first kappa shape index (κ1) is 8.00. The van der Waals surface area contributed by atoms with Crippen LogP contribution in [0.3, 0.4) is 0 Å². The summed E-state index contributed by atoms with van der Waals surface area (Å²) in [6.45, 7) is 0. The van der Waals surface area contributed by atoms with Crippen LogP contribution < -0.4 is 5.43 Å². The van der Waals surface area contributed by atoms with Crippen LogP contribution in [0.25, 0.3) is 10.3 Å². The summed E-state index contributed by atoms with van der Waals surface area (Å²) in [5.74, 6) is -1.11. The van der Waals surface area contributed by atoms with Crippen molar-refractivity contribution >= 4 is 27.6 Å². The van der Waals surface area contributed by atoms with E-state index < -0.39 is 5.97 Å². The van der Waals surface area contributed by atoms with Crippen LogP contribution in [0.1, 0.15) is 9.67 Å². The summed E-state index contributed by atoms with van der Waals surface area (Å²) in [4.78, 5) is 22.1. The molecule has 4 nitrogen and oxygen atoms in total. The fourth-order valence-corrected chi connectivity index (χ4v) is 1.82. The molecule has 2 aromatic rings. The van der Waals surface area contributed by atoms with E-state index >= 15 is 0 Å². The van der Waals surface area contributed by atoms with Gasteiger partial charge in [-0.3, -0.25) is 4.79 Å². The maximum atomic E-state index is 11.2. The van der Waals surface area contributed by atoms with E-state index in [-0.39, 0.29) is 10.3 Å². The summed E-state index contributed by atoms with van der Waals surface area (Å²) < 4.78 is 4.94. The van der Waals surface area contributed by atoms with Crippen LogP contribution in [0.5, 0.6) is 0 Å². The zero-order valence-electron chi connectivity index (χ0n) is 6.31. The minimum absolute atomic E-state index is 0.00699. The van der Waals surface area contributed by atoms with Gasteiger partial charge in [0.15, 0.2) is 10.3 Å². The van der Waals surface area contributed by atoms with Gasteiger partial charge in [0.05, 0.1) is 11.6 Å². The molecule has 0 saturated carbocycles. The monoisotopic (exact) mass is 196 g/mol. The highest BCUT2D eigenvalue weighted by molar-refractivity contribution is 7.19. The highest BCUT2D eigenvalue weighted by Gasteiger charge is 2.09. The van der Waals surface area contributed by atoms with Crippen LogP contribution in [0.4, 0.5) is 0 Å². The van der Waals surface area contributed by atoms with Gasteiger partial charge in [-0.15, -0.1) is 0 Å². The molecule has 0 aromatic carbocycles. The summed E-state index contributed by atoms with van der Waals surface area (Å²) in [5.41, 5.74) is -0.320. The Hall–Kier alpha value is -1.62. The maximum absolute atomic E-state index is 11.2. The number of aromatic carboxylic acids is 1. The van der Waals surface area contributed by atoms with Gasteiger partial charge in [0.2, 0.25) is 0 Å². The van der Waals surface area contributed by atoms with Crippen molar-refractivity contribution < 1.29 is 14.3 Å². The normalized spacial score (nSPS) is 10.5. The van der Waals surface area contributed by atoms with Crippen LogP contribution in [0.15, 0.2) is 27.6 Å². The van der Waals surface area contributed by atoms with E-state index in [0.717, 1.165) is 17.4 Å². The van der Waals surface area contributed by atoms with E-state index in [0.29, 0.717) is 10.3 Å². The first-order chi connectivity index (χ1) is 6.18. The SMILES string of the molecule is O=C(O)c1cc(=O)c2ccoc2s1. The molecule has 0 amide bonds. The third-order valence-electron chi connectivity index (χ3n) is 1.57. The molecule has 0 radical (unpaired) electrons. The van der Waals surface area contributed by atoms with Crippen molar-refractivity contribution in [3.8, 4) is 0 Å². The largest absolute Gasteiger partial charge is 0.477 e. The quantitative estimate of drug-likeness (QED) is 0.751. The summed E-state index contributed by atoms with van der Waals surface area (Å²) >= 11 is 0.950. The van der Waals surface area contributed by atoms with Crippen LogP contribution in [-0.4, -0.2) is 11.1 Å². The molecule has 0 aliphatic heterocycles. The van der Waals surface area contributed by atoms with Gasteiger partial charge in [0.1, 0.15) is 4.88 Å². The predicted molar refractivity (Wildman–Crippen MR) is 47.3 cm³/mol. The van der Waals surface area contributed by atoms with Gasteiger partial charge in [0.25, 0.3) is 0 Å². The third kappa shape index (κ3) is 1.23. The maximum Gasteiger partial charge on any atom is 0.346 e. The van der Waals surface area contributed by atoms with Crippen molar-refractivity contribution in [1.29, 1.82) is 0 Å². The van der Waals surface area contributed by atoms with Gasteiger partial charge in [-0.05, 0) is 6.07 Å². The van der Waals surface area contributed by atoms with E-state index in [4.69, 9.17) is 9.52 Å². The molecule has 0 saturated heterocycles. The Morgan fingerprint density at radius 3 is 3.00 bits per heavy atom. The zero-order valence-corrected chi connectivity index (χ0v) is 7.13. The molecular formula is C8H4O4S. The first-order valence-electron chi connectivity index (χ1n) is 3.43. The molecule has 0 fully saturated rings. The van der Waals surface area contributed by atoms with E-state index in [9.17, 15) is 9.59 Å². The summed E-state index contributed by atoms with van der Waals surface area (Å²) in [6, 6.07) is 2.63. The van der Waals surface area contributed by atoms with Crippen LogP contribution in [0.2, 0.25) is 0 Å². The molecule has 0 aliphatic rings. The average molecular weight is 196 g/mol. The van der Waals surface area contributed by atoms with Crippen LogP contribution in [0, 0.1) is 0 Å². The second kappa shape index (κ2) is 2.70. The highest BCUT2D eigenvalue weighted by atomic mass is 32.1. The van der Waals surface area contributed by atoms with Crippen molar-refractivity contribution in [2.24, 2.45) is 0 Å². The zero-order chi connectivity index (χ0) is 9.42. The molecule has 0 spiro atoms. The summed E-state index contributed by atoms with van der Waals surface area (Å²) in [6.07, 6.45) is 1.37. The molecule has 2 heterocycles. The number of hydrogen-bond acceptors (Lipinski definition) is 4. The average Bonchev–Trinajstić information content (AvgIpc) is 2.51. The Balaban J connectivity index is 2.85. The number of hydrogen-bond donors (Lipinski definition) is 1. The smallest absolute Gasteiger partial charge is 0.346 e. The Morgan fingerprint density at radius 1 is 1.54 bits per heavy atom. The topological polar surface area (TPSA) is 67.5 Å². The number of rotatable bonds is 1. The fraction of sp³-hybridized carbons (Fsp3) is 0. The van der Waals surface area contributed by atoms with Crippen LogP contribution in [-0.2, 0) is 0 Å². The molecule has 2 rings (SSSR count). The Kier molecular flexibility index (Phi) is 1.66. The highest BCUT2D eigenvalue weighted by Crippen LogP contribution is 2.19. The van der Waals surface area contributed by atoms with Crippen molar-refractivity contribution in [2.45, 2.75) is 0 Å². The van der Waals surface area contributed by atoms with Gasteiger partial charge < -0.3 is 9.52 Å². The number of carbonyl (C=O) groups is 1. The van der Waals surface area contributed by atoms with Gasteiger partial charge in [-0.1, -0.05) is 11.3 Å².